The Balaban J connectivity index is 1.87. The Labute approximate surface area is 151 Å². The molecule has 2 heterocycles. The summed E-state index contributed by atoms with van der Waals surface area (Å²) in [5, 5.41) is 5.66. The molecule has 3 rings (SSSR count). The van der Waals surface area contributed by atoms with E-state index in [1.807, 2.05) is 0 Å². The van der Waals surface area contributed by atoms with E-state index in [9.17, 15) is 18.8 Å². The van der Waals surface area contributed by atoms with Crippen molar-refractivity contribution < 1.29 is 14.0 Å². The lowest BCUT2D eigenvalue weighted by atomic mass is 10.2. The molecule has 0 unspecified atom stereocenters. The van der Waals surface area contributed by atoms with Crippen molar-refractivity contribution in [2.24, 2.45) is 0 Å². The van der Waals surface area contributed by atoms with Crippen LogP contribution in [0.2, 0.25) is 0 Å². The Morgan fingerprint density at radius 2 is 1.85 bits per heavy atom. The lowest BCUT2D eigenvalue weighted by Gasteiger charge is -2.12. The van der Waals surface area contributed by atoms with E-state index in [-0.39, 0.29) is 5.69 Å². The van der Waals surface area contributed by atoms with Gasteiger partial charge in [-0.3, -0.25) is 25.2 Å². The van der Waals surface area contributed by atoms with E-state index in [4.69, 9.17) is 0 Å². The van der Waals surface area contributed by atoms with Crippen LogP contribution in [0.4, 0.5) is 4.39 Å². The highest BCUT2D eigenvalue weighted by Crippen LogP contribution is 2.13. The van der Waals surface area contributed by atoms with Crippen molar-refractivity contribution in [3.05, 3.63) is 80.2 Å². The zero-order chi connectivity index (χ0) is 18.7. The van der Waals surface area contributed by atoms with Crippen LogP contribution in [0.25, 0.3) is 5.69 Å². The summed E-state index contributed by atoms with van der Waals surface area (Å²) >= 11 is 1.20. The molecule has 3 aromatic rings. The molecular formula is C17H13FN4O3S. The fourth-order valence-corrected chi connectivity index (χ4v) is 2.83. The smallest absolute Gasteiger partial charge is 0.287 e. The second kappa shape index (κ2) is 7.28. The zero-order valence-corrected chi connectivity index (χ0v) is 14.3. The molecule has 0 aliphatic rings. The molecule has 9 heteroatoms. The fourth-order valence-electron chi connectivity index (χ4n) is 2.21. The van der Waals surface area contributed by atoms with Crippen LogP contribution in [0.15, 0.2) is 52.6 Å². The van der Waals surface area contributed by atoms with Crippen LogP contribution >= 0.6 is 11.3 Å². The van der Waals surface area contributed by atoms with Crippen LogP contribution in [0.5, 0.6) is 0 Å². The normalized spacial score (nSPS) is 10.4. The summed E-state index contributed by atoms with van der Waals surface area (Å²) in [4.78, 5) is 36.5. The first-order chi connectivity index (χ1) is 12.5. The van der Waals surface area contributed by atoms with Gasteiger partial charge in [0.2, 0.25) is 5.43 Å². The number of thiophene rings is 1. The number of nitrogens with one attached hydrogen (secondary N) is 2. The van der Waals surface area contributed by atoms with Crippen molar-refractivity contribution in [2.45, 2.75) is 6.92 Å². The average Bonchev–Trinajstić information content (AvgIpc) is 3.15. The summed E-state index contributed by atoms with van der Waals surface area (Å²) in [6.45, 7) is 1.57. The number of benzene rings is 1. The number of carbonyl (C=O) groups excluding carboxylic acids is 2. The van der Waals surface area contributed by atoms with Crippen molar-refractivity contribution in [1.29, 1.82) is 0 Å². The van der Waals surface area contributed by atoms with Crippen molar-refractivity contribution in [1.82, 2.24) is 20.6 Å². The SMILES string of the molecule is Cc1cc(=O)c(C(=O)NNC(=O)c2cccs2)nn1-c1ccccc1F. The minimum absolute atomic E-state index is 0.0988. The van der Waals surface area contributed by atoms with Gasteiger partial charge in [-0.05, 0) is 30.5 Å². The van der Waals surface area contributed by atoms with Gasteiger partial charge in [0, 0.05) is 11.8 Å². The third-order valence-corrected chi connectivity index (χ3v) is 4.31. The van der Waals surface area contributed by atoms with Gasteiger partial charge in [0.05, 0.1) is 4.88 Å². The molecule has 0 atom stereocenters. The highest BCUT2D eigenvalue weighted by molar-refractivity contribution is 7.12. The van der Waals surface area contributed by atoms with Crippen molar-refractivity contribution in [2.75, 3.05) is 0 Å². The van der Waals surface area contributed by atoms with E-state index >= 15 is 0 Å². The number of carbonyl (C=O) groups is 2. The maximum atomic E-state index is 14.0. The Morgan fingerprint density at radius 3 is 2.54 bits per heavy atom. The van der Waals surface area contributed by atoms with E-state index < -0.39 is 28.8 Å². The van der Waals surface area contributed by atoms with Gasteiger partial charge in [-0.15, -0.1) is 11.3 Å². The molecule has 0 fully saturated rings. The summed E-state index contributed by atoms with van der Waals surface area (Å²) < 4.78 is 15.2. The second-order valence-electron chi connectivity index (χ2n) is 5.25. The topological polar surface area (TPSA) is 93.1 Å². The van der Waals surface area contributed by atoms with Gasteiger partial charge in [0.25, 0.3) is 11.8 Å². The summed E-state index contributed by atoms with van der Waals surface area (Å²) in [5.41, 5.74) is 3.70. The molecule has 0 radical (unpaired) electrons. The van der Waals surface area contributed by atoms with Crippen molar-refractivity contribution in [3.63, 3.8) is 0 Å². The maximum absolute atomic E-state index is 14.0. The number of hydrogen-bond donors (Lipinski definition) is 2. The summed E-state index contributed by atoms with van der Waals surface area (Å²) in [5.74, 6) is -1.97. The number of halogens is 1. The van der Waals surface area contributed by atoms with E-state index in [0.717, 1.165) is 4.68 Å². The Kier molecular flexibility index (Phi) is 4.90. The van der Waals surface area contributed by atoms with Crippen molar-refractivity contribution in [3.8, 4) is 5.69 Å². The van der Waals surface area contributed by atoms with Crippen LogP contribution in [0.1, 0.15) is 25.9 Å². The van der Waals surface area contributed by atoms with E-state index in [2.05, 4.69) is 16.0 Å². The number of rotatable bonds is 3. The lowest BCUT2D eigenvalue weighted by molar-refractivity contribution is 0.0844. The van der Waals surface area contributed by atoms with Crippen LogP contribution in [0.3, 0.4) is 0 Å². The fraction of sp³-hybridized carbons (Fsp3) is 0.0588. The van der Waals surface area contributed by atoms with E-state index in [0.29, 0.717) is 10.6 Å². The molecule has 132 valence electrons. The van der Waals surface area contributed by atoms with Gasteiger partial charge in [-0.1, -0.05) is 18.2 Å². The molecule has 26 heavy (non-hydrogen) atoms. The lowest BCUT2D eigenvalue weighted by Crippen LogP contribution is -2.43. The first-order valence-electron chi connectivity index (χ1n) is 7.47. The van der Waals surface area contributed by atoms with Gasteiger partial charge in [-0.2, -0.15) is 5.10 Å². The largest absolute Gasteiger partial charge is 0.294 e. The first-order valence-corrected chi connectivity index (χ1v) is 8.35. The molecule has 2 aromatic heterocycles. The Morgan fingerprint density at radius 1 is 1.12 bits per heavy atom. The first kappa shape index (κ1) is 17.5. The molecule has 0 aliphatic heterocycles. The maximum Gasteiger partial charge on any atom is 0.294 e. The highest BCUT2D eigenvalue weighted by atomic mass is 32.1. The van der Waals surface area contributed by atoms with Gasteiger partial charge in [0.1, 0.15) is 11.5 Å². The monoisotopic (exact) mass is 372 g/mol. The van der Waals surface area contributed by atoms with Gasteiger partial charge in [-0.25, -0.2) is 9.07 Å². The number of aryl methyl sites for hydroxylation is 1. The highest BCUT2D eigenvalue weighted by Gasteiger charge is 2.17. The molecular weight excluding hydrogens is 359 g/mol. The van der Waals surface area contributed by atoms with Gasteiger partial charge in [0.15, 0.2) is 5.69 Å². The van der Waals surface area contributed by atoms with Crippen LogP contribution in [-0.2, 0) is 0 Å². The molecule has 0 aliphatic carbocycles. The molecule has 7 nitrogen and oxygen atoms in total. The summed E-state index contributed by atoms with van der Waals surface area (Å²) in [6.07, 6.45) is 0. The second-order valence-corrected chi connectivity index (χ2v) is 6.20. The average molecular weight is 372 g/mol. The number of aromatic nitrogens is 2. The summed E-state index contributed by atoms with van der Waals surface area (Å²) in [6, 6.07) is 10.3. The third kappa shape index (κ3) is 3.52. The van der Waals surface area contributed by atoms with Crippen molar-refractivity contribution >= 4 is 23.2 Å². The standard InChI is InChI=1S/C17H13FN4O3S/c1-10-9-13(23)15(21-22(10)12-6-3-2-5-11(12)18)17(25)20-19-16(24)14-7-4-8-26-14/h2-9H,1H3,(H,19,24)(H,20,25). The minimum Gasteiger partial charge on any atom is -0.287 e. The third-order valence-electron chi connectivity index (χ3n) is 3.44. The summed E-state index contributed by atoms with van der Waals surface area (Å²) in [7, 11) is 0. The van der Waals surface area contributed by atoms with Crippen LogP contribution in [-0.4, -0.2) is 21.6 Å². The van der Waals surface area contributed by atoms with Gasteiger partial charge >= 0.3 is 0 Å². The molecule has 0 saturated carbocycles. The molecule has 2 N–H and O–H groups in total. The van der Waals surface area contributed by atoms with Crippen LogP contribution in [0, 0.1) is 12.7 Å². The molecule has 1 aromatic carbocycles. The number of hydrazine groups is 1. The zero-order valence-electron chi connectivity index (χ0n) is 13.5. The number of amides is 2. The minimum atomic E-state index is -0.898. The Bertz CT molecular complexity index is 1030. The van der Waals surface area contributed by atoms with Crippen LogP contribution < -0.4 is 16.3 Å². The predicted octanol–water partition coefficient (Wildman–Crippen LogP) is 1.82. The molecule has 0 saturated heterocycles. The molecule has 2 amide bonds. The number of para-hydroxylation sites is 1. The predicted molar refractivity (Wildman–Crippen MR) is 93.8 cm³/mol. The number of nitrogens with zero attached hydrogens (tertiary/aromatic N) is 2. The quantitative estimate of drug-likeness (QED) is 0.686. The molecule has 0 bridgehead atoms. The number of hydrogen-bond acceptors (Lipinski definition) is 5. The van der Waals surface area contributed by atoms with E-state index in [1.54, 1.807) is 30.5 Å². The van der Waals surface area contributed by atoms with E-state index in [1.165, 1.54) is 35.6 Å². The molecule has 0 spiro atoms. The van der Waals surface area contributed by atoms with Gasteiger partial charge < -0.3 is 0 Å². The Hall–Kier alpha value is -3.33.